The third kappa shape index (κ3) is 5.58. The van der Waals surface area contributed by atoms with Gasteiger partial charge in [0.1, 0.15) is 22.3 Å². The predicted molar refractivity (Wildman–Crippen MR) is 127 cm³/mol. The zero-order chi connectivity index (χ0) is 23.2. The molecular weight excluding hydrogens is 466 g/mol. The standard InChI is InChI=1S/C24H17Cl2FN4O2/c25-20-7-4-8-21(23(20)26)33-15-22(32)29-28-13-17-14-31(19-5-2-1-3-6-19)30-24(17)16-9-11-18(27)12-10-16/h1-14H,15H2,(H,29,32). The molecule has 1 amide bonds. The van der Waals surface area contributed by atoms with Crippen LogP contribution in [0.25, 0.3) is 16.9 Å². The van der Waals surface area contributed by atoms with Crippen molar-refractivity contribution < 1.29 is 13.9 Å². The molecule has 0 aliphatic carbocycles. The Bertz CT molecular complexity index is 1290. The van der Waals surface area contributed by atoms with Gasteiger partial charge in [-0.05, 0) is 48.5 Å². The van der Waals surface area contributed by atoms with Crippen LogP contribution in [-0.4, -0.2) is 28.5 Å². The lowest BCUT2D eigenvalue weighted by atomic mass is 10.1. The van der Waals surface area contributed by atoms with E-state index < -0.39 is 5.91 Å². The molecular formula is C24H17Cl2FN4O2. The Morgan fingerprint density at radius 3 is 2.58 bits per heavy atom. The summed E-state index contributed by atoms with van der Waals surface area (Å²) in [5.74, 6) is -0.532. The number of nitrogens with one attached hydrogen (secondary N) is 1. The predicted octanol–water partition coefficient (Wildman–Crippen LogP) is 5.51. The van der Waals surface area contributed by atoms with Gasteiger partial charge in [0.2, 0.25) is 0 Å². The second-order valence-corrected chi connectivity index (χ2v) is 7.64. The second kappa shape index (κ2) is 10.3. The summed E-state index contributed by atoms with van der Waals surface area (Å²) < 4.78 is 20.5. The van der Waals surface area contributed by atoms with Crippen LogP contribution in [0, 0.1) is 5.82 Å². The maximum atomic E-state index is 13.4. The molecule has 0 atom stereocenters. The van der Waals surface area contributed by atoms with E-state index in [-0.39, 0.29) is 17.4 Å². The SMILES string of the molecule is O=C(COc1cccc(Cl)c1Cl)NN=Cc1cn(-c2ccccc2)nc1-c1ccc(F)cc1. The third-order valence-corrected chi connectivity index (χ3v) is 5.35. The molecule has 1 N–H and O–H groups in total. The highest BCUT2D eigenvalue weighted by Gasteiger charge is 2.12. The summed E-state index contributed by atoms with van der Waals surface area (Å²) in [5, 5.41) is 9.18. The minimum Gasteiger partial charge on any atom is -0.482 e. The number of rotatable bonds is 7. The van der Waals surface area contributed by atoms with Crippen molar-refractivity contribution in [1.29, 1.82) is 0 Å². The lowest BCUT2D eigenvalue weighted by Gasteiger charge is -2.07. The first-order valence-electron chi connectivity index (χ1n) is 9.81. The van der Waals surface area contributed by atoms with Crippen molar-refractivity contribution in [1.82, 2.24) is 15.2 Å². The van der Waals surface area contributed by atoms with Gasteiger partial charge in [0.25, 0.3) is 5.91 Å². The smallest absolute Gasteiger partial charge is 0.277 e. The number of carbonyl (C=O) groups excluding carboxylic acids is 1. The van der Waals surface area contributed by atoms with E-state index in [0.29, 0.717) is 27.6 Å². The van der Waals surface area contributed by atoms with Crippen LogP contribution in [0.15, 0.2) is 84.1 Å². The summed E-state index contributed by atoms with van der Waals surface area (Å²) in [6.07, 6.45) is 3.24. The number of carbonyl (C=O) groups is 1. The van der Waals surface area contributed by atoms with Crippen molar-refractivity contribution in [2.75, 3.05) is 6.61 Å². The van der Waals surface area contributed by atoms with Crippen molar-refractivity contribution in [3.63, 3.8) is 0 Å². The van der Waals surface area contributed by atoms with Crippen LogP contribution in [0.1, 0.15) is 5.56 Å². The molecule has 0 saturated carbocycles. The van der Waals surface area contributed by atoms with Crippen LogP contribution < -0.4 is 10.2 Å². The lowest BCUT2D eigenvalue weighted by molar-refractivity contribution is -0.123. The van der Waals surface area contributed by atoms with Crippen LogP contribution in [-0.2, 0) is 4.79 Å². The van der Waals surface area contributed by atoms with Gasteiger partial charge in [-0.2, -0.15) is 10.2 Å². The lowest BCUT2D eigenvalue weighted by Crippen LogP contribution is -2.24. The molecule has 4 aromatic rings. The summed E-state index contributed by atoms with van der Waals surface area (Å²) in [7, 11) is 0. The number of aromatic nitrogens is 2. The van der Waals surface area contributed by atoms with Crippen LogP contribution in [0.4, 0.5) is 4.39 Å². The Kier molecular flexibility index (Phi) is 7.02. The summed E-state index contributed by atoms with van der Waals surface area (Å²) >= 11 is 12.0. The minimum absolute atomic E-state index is 0.229. The van der Waals surface area contributed by atoms with Gasteiger partial charge >= 0.3 is 0 Å². The first-order valence-corrected chi connectivity index (χ1v) is 10.6. The third-order valence-electron chi connectivity index (χ3n) is 4.55. The molecule has 1 aromatic heterocycles. The van der Waals surface area contributed by atoms with E-state index >= 15 is 0 Å². The number of ether oxygens (including phenoxy) is 1. The topological polar surface area (TPSA) is 68.5 Å². The molecule has 0 radical (unpaired) electrons. The van der Waals surface area contributed by atoms with E-state index in [9.17, 15) is 9.18 Å². The first-order chi connectivity index (χ1) is 16.0. The highest BCUT2D eigenvalue weighted by molar-refractivity contribution is 6.42. The maximum Gasteiger partial charge on any atom is 0.277 e. The Labute approximate surface area is 199 Å². The van der Waals surface area contributed by atoms with Gasteiger partial charge in [-0.3, -0.25) is 4.79 Å². The van der Waals surface area contributed by atoms with E-state index in [0.717, 1.165) is 5.69 Å². The largest absolute Gasteiger partial charge is 0.482 e. The van der Waals surface area contributed by atoms with Crippen molar-refractivity contribution in [2.45, 2.75) is 0 Å². The summed E-state index contributed by atoms with van der Waals surface area (Å²) in [4.78, 5) is 12.1. The molecule has 0 bridgehead atoms. The van der Waals surface area contributed by atoms with Gasteiger partial charge in [-0.1, -0.05) is 47.5 Å². The number of nitrogens with zero attached hydrogens (tertiary/aromatic N) is 3. The van der Waals surface area contributed by atoms with Crippen molar-refractivity contribution in [2.24, 2.45) is 5.10 Å². The number of para-hydroxylation sites is 1. The van der Waals surface area contributed by atoms with Gasteiger partial charge in [0.05, 0.1) is 16.9 Å². The van der Waals surface area contributed by atoms with Crippen LogP contribution in [0.2, 0.25) is 10.0 Å². The van der Waals surface area contributed by atoms with E-state index in [1.54, 1.807) is 41.2 Å². The first kappa shape index (κ1) is 22.5. The molecule has 4 rings (SSSR count). The van der Waals surface area contributed by atoms with Crippen molar-refractivity contribution in [3.8, 4) is 22.7 Å². The molecule has 0 aliphatic heterocycles. The molecule has 9 heteroatoms. The summed E-state index contributed by atoms with van der Waals surface area (Å²) in [5.41, 5.74) is 5.17. The van der Waals surface area contributed by atoms with E-state index in [1.165, 1.54) is 18.3 Å². The quantitative estimate of drug-likeness (QED) is 0.278. The van der Waals surface area contributed by atoms with E-state index in [2.05, 4.69) is 15.6 Å². The van der Waals surface area contributed by atoms with Gasteiger partial charge in [-0.25, -0.2) is 14.5 Å². The van der Waals surface area contributed by atoms with E-state index in [4.69, 9.17) is 27.9 Å². The molecule has 0 fully saturated rings. The normalized spacial score (nSPS) is 11.0. The second-order valence-electron chi connectivity index (χ2n) is 6.85. The fourth-order valence-electron chi connectivity index (χ4n) is 2.97. The zero-order valence-corrected chi connectivity index (χ0v) is 18.6. The van der Waals surface area contributed by atoms with Gasteiger partial charge in [0, 0.05) is 17.3 Å². The number of hydrogen-bond acceptors (Lipinski definition) is 4. The highest BCUT2D eigenvalue weighted by atomic mass is 35.5. The molecule has 6 nitrogen and oxygen atoms in total. The molecule has 0 spiro atoms. The number of amides is 1. The molecule has 33 heavy (non-hydrogen) atoms. The van der Waals surface area contributed by atoms with Gasteiger partial charge in [-0.15, -0.1) is 0 Å². The Hall–Kier alpha value is -3.68. The number of hydrazone groups is 1. The van der Waals surface area contributed by atoms with Crippen LogP contribution in [0.5, 0.6) is 5.75 Å². The van der Waals surface area contributed by atoms with Gasteiger partial charge in [0.15, 0.2) is 6.61 Å². The monoisotopic (exact) mass is 482 g/mol. The fraction of sp³-hybridized carbons (Fsp3) is 0.0417. The Balaban J connectivity index is 1.50. The van der Waals surface area contributed by atoms with E-state index in [1.807, 2.05) is 30.3 Å². The summed E-state index contributed by atoms with van der Waals surface area (Å²) in [6.45, 7) is -0.300. The van der Waals surface area contributed by atoms with Crippen LogP contribution >= 0.6 is 23.2 Å². The minimum atomic E-state index is -0.485. The zero-order valence-electron chi connectivity index (χ0n) is 17.1. The molecule has 3 aromatic carbocycles. The number of hydrogen-bond donors (Lipinski definition) is 1. The number of halogens is 3. The molecule has 0 aliphatic rings. The van der Waals surface area contributed by atoms with Crippen molar-refractivity contribution in [3.05, 3.63) is 100 Å². The average Bonchev–Trinajstić information content (AvgIpc) is 3.25. The molecule has 1 heterocycles. The molecule has 0 unspecified atom stereocenters. The maximum absolute atomic E-state index is 13.4. The highest BCUT2D eigenvalue weighted by Crippen LogP contribution is 2.31. The average molecular weight is 483 g/mol. The number of benzene rings is 3. The van der Waals surface area contributed by atoms with Crippen molar-refractivity contribution >= 4 is 35.3 Å². The molecule has 0 saturated heterocycles. The Morgan fingerprint density at radius 1 is 1.06 bits per heavy atom. The molecule has 166 valence electrons. The Morgan fingerprint density at radius 2 is 1.82 bits per heavy atom. The van der Waals surface area contributed by atoms with Crippen LogP contribution in [0.3, 0.4) is 0 Å². The summed E-state index contributed by atoms with van der Waals surface area (Å²) in [6, 6.07) is 20.4. The fourth-order valence-corrected chi connectivity index (χ4v) is 3.32. The van der Waals surface area contributed by atoms with Gasteiger partial charge < -0.3 is 4.74 Å².